The van der Waals surface area contributed by atoms with Gasteiger partial charge in [0.25, 0.3) is 5.91 Å². The molecule has 1 rings (SSSR count). The molecule has 0 spiro atoms. The first-order valence-electron chi connectivity index (χ1n) is 6.15. The van der Waals surface area contributed by atoms with Crippen LogP contribution in [0.25, 0.3) is 0 Å². The van der Waals surface area contributed by atoms with Crippen LogP contribution < -0.4 is 10.6 Å². The second-order valence-electron chi connectivity index (χ2n) is 5.47. The van der Waals surface area contributed by atoms with Crippen molar-refractivity contribution in [2.75, 3.05) is 25.0 Å². The zero-order chi connectivity index (χ0) is 13.6. The molecule has 1 aromatic rings. The Morgan fingerprint density at radius 2 is 1.83 bits per heavy atom. The standard InChI is InChI=1S/C14H22N2O2/c1-14(2,3)10-16-12-6-4-11(5-7-12)13(18)15-8-9-17/h4-7,16-17H,8-10H2,1-3H3,(H,15,18). The maximum Gasteiger partial charge on any atom is 0.251 e. The molecule has 0 aliphatic rings. The molecule has 0 fully saturated rings. The van der Waals surface area contributed by atoms with Crippen LogP contribution in [0.5, 0.6) is 0 Å². The minimum atomic E-state index is -0.161. The van der Waals surface area contributed by atoms with Gasteiger partial charge in [0.05, 0.1) is 6.61 Å². The van der Waals surface area contributed by atoms with Gasteiger partial charge in [-0.25, -0.2) is 0 Å². The number of hydrogen-bond donors (Lipinski definition) is 3. The van der Waals surface area contributed by atoms with Gasteiger partial charge in [-0.1, -0.05) is 20.8 Å². The van der Waals surface area contributed by atoms with Crippen LogP contribution in [-0.4, -0.2) is 30.7 Å². The van der Waals surface area contributed by atoms with E-state index in [9.17, 15) is 4.79 Å². The van der Waals surface area contributed by atoms with Crippen molar-refractivity contribution in [2.45, 2.75) is 20.8 Å². The van der Waals surface area contributed by atoms with Gasteiger partial charge in [-0.3, -0.25) is 4.79 Å². The SMILES string of the molecule is CC(C)(C)CNc1ccc(C(=O)NCCO)cc1. The van der Waals surface area contributed by atoms with Crippen LogP contribution in [0.15, 0.2) is 24.3 Å². The predicted molar refractivity (Wildman–Crippen MR) is 73.8 cm³/mol. The van der Waals surface area contributed by atoms with Crippen molar-refractivity contribution < 1.29 is 9.90 Å². The Hall–Kier alpha value is -1.55. The number of carbonyl (C=O) groups is 1. The smallest absolute Gasteiger partial charge is 0.251 e. The highest BCUT2D eigenvalue weighted by Gasteiger charge is 2.09. The van der Waals surface area contributed by atoms with Crippen molar-refractivity contribution >= 4 is 11.6 Å². The summed E-state index contributed by atoms with van der Waals surface area (Å²) >= 11 is 0. The molecular weight excluding hydrogens is 228 g/mol. The number of hydrogen-bond acceptors (Lipinski definition) is 3. The Kier molecular flexibility index (Phi) is 5.16. The minimum Gasteiger partial charge on any atom is -0.395 e. The predicted octanol–water partition coefficient (Wildman–Crippen LogP) is 1.87. The van der Waals surface area contributed by atoms with E-state index >= 15 is 0 Å². The molecule has 0 atom stereocenters. The lowest BCUT2D eigenvalue weighted by Gasteiger charge is -2.19. The topological polar surface area (TPSA) is 61.4 Å². The highest BCUT2D eigenvalue weighted by molar-refractivity contribution is 5.94. The average molecular weight is 250 g/mol. The molecular formula is C14H22N2O2. The van der Waals surface area contributed by atoms with Crippen LogP contribution in [0, 0.1) is 5.41 Å². The van der Waals surface area contributed by atoms with Crippen LogP contribution >= 0.6 is 0 Å². The van der Waals surface area contributed by atoms with Gasteiger partial charge >= 0.3 is 0 Å². The lowest BCUT2D eigenvalue weighted by Crippen LogP contribution is -2.26. The summed E-state index contributed by atoms with van der Waals surface area (Å²) in [7, 11) is 0. The summed E-state index contributed by atoms with van der Waals surface area (Å²) < 4.78 is 0. The third-order valence-corrected chi connectivity index (χ3v) is 2.37. The van der Waals surface area contributed by atoms with Crippen molar-refractivity contribution in [1.29, 1.82) is 0 Å². The van der Waals surface area contributed by atoms with Crippen LogP contribution in [0.3, 0.4) is 0 Å². The number of rotatable bonds is 5. The van der Waals surface area contributed by atoms with Gasteiger partial charge in [0.15, 0.2) is 0 Å². The summed E-state index contributed by atoms with van der Waals surface area (Å²) in [5.41, 5.74) is 1.82. The monoisotopic (exact) mass is 250 g/mol. The van der Waals surface area contributed by atoms with E-state index in [1.807, 2.05) is 12.1 Å². The van der Waals surface area contributed by atoms with E-state index in [2.05, 4.69) is 31.4 Å². The Balaban J connectivity index is 2.54. The van der Waals surface area contributed by atoms with Crippen molar-refractivity contribution in [3.8, 4) is 0 Å². The molecule has 0 aromatic heterocycles. The van der Waals surface area contributed by atoms with Gasteiger partial charge in [-0.05, 0) is 29.7 Å². The summed E-state index contributed by atoms with van der Waals surface area (Å²) in [6, 6.07) is 7.33. The van der Waals surface area contributed by atoms with Crippen molar-refractivity contribution in [1.82, 2.24) is 5.32 Å². The zero-order valence-corrected chi connectivity index (χ0v) is 11.3. The largest absolute Gasteiger partial charge is 0.395 e. The second kappa shape index (κ2) is 6.40. The number of nitrogens with one attached hydrogen (secondary N) is 2. The zero-order valence-electron chi connectivity index (χ0n) is 11.3. The molecule has 0 aliphatic heterocycles. The Bertz CT molecular complexity index is 380. The molecule has 0 radical (unpaired) electrons. The third kappa shape index (κ3) is 5.19. The lowest BCUT2D eigenvalue weighted by atomic mass is 9.97. The van der Waals surface area contributed by atoms with E-state index in [1.165, 1.54) is 0 Å². The molecule has 0 heterocycles. The Morgan fingerprint density at radius 1 is 1.22 bits per heavy atom. The van der Waals surface area contributed by atoms with Crippen LogP contribution in [0.4, 0.5) is 5.69 Å². The Morgan fingerprint density at radius 3 is 2.33 bits per heavy atom. The van der Waals surface area contributed by atoms with Crippen LogP contribution in [0.1, 0.15) is 31.1 Å². The molecule has 0 saturated carbocycles. The van der Waals surface area contributed by atoms with Crippen LogP contribution in [-0.2, 0) is 0 Å². The van der Waals surface area contributed by atoms with Gasteiger partial charge in [-0.2, -0.15) is 0 Å². The maximum absolute atomic E-state index is 11.6. The number of carbonyl (C=O) groups excluding carboxylic acids is 1. The molecule has 0 bridgehead atoms. The van der Waals surface area contributed by atoms with Gasteiger partial charge < -0.3 is 15.7 Å². The van der Waals surface area contributed by atoms with E-state index in [-0.39, 0.29) is 24.5 Å². The van der Waals surface area contributed by atoms with Crippen molar-refractivity contribution in [3.63, 3.8) is 0 Å². The molecule has 0 unspecified atom stereocenters. The van der Waals surface area contributed by atoms with Crippen LogP contribution in [0.2, 0.25) is 0 Å². The highest BCUT2D eigenvalue weighted by atomic mass is 16.3. The summed E-state index contributed by atoms with van der Waals surface area (Å²) in [6.45, 7) is 7.60. The number of anilines is 1. The molecule has 1 amide bonds. The summed E-state index contributed by atoms with van der Waals surface area (Å²) in [5, 5.41) is 14.6. The fourth-order valence-electron chi connectivity index (χ4n) is 1.38. The number of benzene rings is 1. The fourth-order valence-corrected chi connectivity index (χ4v) is 1.38. The Labute approximate surface area is 108 Å². The minimum absolute atomic E-state index is 0.0447. The second-order valence-corrected chi connectivity index (χ2v) is 5.47. The first kappa shape index (κ1) is 14.5. The molecule has 4 heteroatoms. The van der Waals surface area contributed by atoms with Gasteiger partial charge in [0.1, 0.15) is 0 Å². The third-order valence-electron chi connectivity index (χ3n) is 2.37. The molecule has 3 N–H and O–H groups in total. The van der Waals surface area contributed by atoms with E-state index in [1.54, 1.807) is 12.1 Å². The number of aliphatic hydroxyl groups excluding tert-OH is 1. The fraction of sp³-hybridized carbons (Fsp3) is 0.500. The van der Waals surface area contributed by atoms with Crippen molar-refractivity contribution in [2.24, 2.45) is 5.41 Å². The van der Waals surface area contributed by atoms with E-state index in [0.717, 1.165) is 12.2 Å². The van der Waals surface area contributed by atoms with Crippen molar-refractivity contribution in [3.05, 3.63) is 29.8 Å². The normalized spacial score (nSPS) is 11.1. The molecule has 0 aliphatic carbocycles. The first-order valence-corrected chi connectivity index (χ1v) is 6.15. The summed E-state index contributed by atoms with van der Waals surface area (Å²) in [5.74, 6) is -0.161. The average Bonchev–Trinajstić information content (AvgIpc) is 2.33. The highest BCUT2D eigenvalue weighted by Crippen LogP contribution is 2.16. The molecule has 1 aromatic carbocycles. The molecule has 100 valence electrons. The van der Waals surface area contributed by atoms with Gasteiger partial charge in [0.2, 0.25) is 0 Å². The van der Waals surface area contributed by atoms with Gasteiger partial charge in [0, 0.05) is 24.3 Å². The molecule has 18 heavy (non-hydrogen) atoms. The molecule has 4 nitrogen and oxygen atoms in total. The first-order chi connectivity index (χ1) is 8.42. The van der Waals surface area contributed by atoms with E-state index in [4.69, 9.17) is 5.11 Å². The quantitative estimate of drug-likeness (QED) is 0.747. The van der Waals surface area contributed by atoms with E-state index in [0.29, 0.717) is 5.56 Å². The lowest BCUT2D eigenvalue weighted by molar-refractivity contribution is 0.0945. The van der Waals surface area contributed by atoms with Gasteiger partial charge in [-0.15, -0.1) is 0 Å². The number of aliphatic hydroxyl groups is 1. The number of amides is 1. The summed E-state index contributed by atoms with van der Waals surface area (Å²) in [6.07, 6.45) is 0. The molecule has 0 saturated heterocycles. The summed E-state index contributed by atoms with van der Waals surface area (Å²) in [4.78, 5) is 11.6. The van der Waals surface area contributed by atoms with E-state index < -0.39 is 0 Å². The maximum atomic E-state index is 11.6.